The van der Waals surface area contributed by atoms with Gasteiger partial charge in [0.05, 0.1) is 5.56 Å². The van der Waals surface area contributed by atoms with E-state index in [0.29, 0.717) is 11.4 Å². The number of carbonyl (C=O) groups excluding carboxylic acids is 1. The van der Waals surface area contributed by atoms with Gasteiger partial charge in [0.1, 0.15) is 5.82 Å². The number of H-pyrrole nitrogens is 1. The molecule has 1 aromatic rings. The maximum atomic E-state index is 11.0. The van der Waals surface area contributed by atoms with E-state index < -0.39 is 5.91 Å². The molecule has 0 aliphatic rings. The van der Waals surface area contributed by atoms with E-state index in [1.165, 1.54) is 0 Å². The summed E-state index contributed by atoms with van der Waals surface area (Å²) in [6, 6.07) is 1.68. The lowest BCUT2D eigenvalue weighted by Crippen LogP contribution is -2.11. The van der Waals surface area contributed by atoms with Crippen LogP contribution in [0, 0.1) is 0 Å². The Morgan fingerprint density at radius 1 is 1.44 bits per heavy atom. The summed E-state index contributed by atoms with van der Waals surface area (Å²) in [7, 11) is 0. The fourth-order valence-electron chi connectivity index (χ4n) is 1.46. The third kappa shape index (κ3) is 2.34. The average molecular weight is 219 g/mol. The Kier molecular flexibility index (Phi) is 3.55. The number of aromatic nitrogens is 1. The van der Waals surface area contributed by atoms with Gasteiger partial charge >= 0.3 is 0 Å². The van der Waals surface area contributed by atoms with Crippen LogP contribution in [-0.2, 0) is 0 Å². The van der Waals surface area contributed by atoms with Crippen LogP contribution in [0.15, 0.2) is 23.8 Å². The zero-order valence-corrected chi connectivity index (χ0v) is 9.79. The molecule has 4 heteroatoms. The number of anilines is 1. The Balaban J connectivity index is 3.21. The second kappa shape index (κ2) is 4.70. The topological polar surface area (TPSA) is 84.9 Å². The fourth-order valence-corrected chi connectivity index (χ4v) is 1.46. The lowest BCUT2D eigenvalue weighted by atomic mass is 10.1. The van der Waals surface area contributed by atoms with Gasteiger partial charge in [-0.3, -0.25) is 4.79 Å². The van der Waals surface area contributed by atoms with E-state index in [2.05, 4.69) is 4.98 Å². The Bertz CT molecular complexity index is 467. The highest BCUT2D eigenvalue weighted by Gasteiger charge is 2.11. The predicted octanol–water partition coefficient (Wildman–Crippen LogP) is 2.07. The molecule has 1 aromatic heterocycles. The second-order valence-corrected chi connectivity index (χ2v) is 3.68. The first-order valence-corrected chi connectivity index (χ1v) is 5.06. The van der Waals surface area contributed by atoms with Crippen LogP contribution < -0.4 is 11.5 Å². The number of amides is 1. The van der Waals surface area contributed by atoms with Crippen molar-refractivity contribution in [3.05, 3.63) is 35.0 Å². The molecule has 0 saturated heterocycles. The van der Waals surface area contributed by atoms with Crippen molar-refractivity contribution in [2.75, 3.05) is 5.73 Å². The molecule has 0 spiro atoms. The summed E-state index contributed by atoms with van der Waals surface area (Å²) in [5.41, 5.74) is 14.2. The number of nitrogens with one attached hydrogen (secondary N) is 1. The van der Waals surface area contributed by atoms with Crippen LogP contribution in [0.3, 0.4) is 0 Å². The lowest BCUT2D eigenvalue weighted by Gasteiger charge is -2.00. The Labute approximate surface area is 95.0 Å². The van der Waals surface area contributed by atoms with Crippen LogP contribution in [0.2, 0.25) is 0 Å². The third-order valence-electron chi connectivity index (χ3n) is 2.53. The van der Waals surface area contributed by atoms with Crippen LogP contribution in [0.1, 0.15) is 36.8 Å². The van der Waals surface area contributed by atoms with E-state index in [-0.39, 0.29) is 0 Å². The normalized spacial score (nSPS) is 12.9. The molecular weight excluding hydrogens is 202 g/mol. The Morgan fingerprint density at radius 2 is 2.06 bits per heavy atom. The molecule has 0 radical (unpaired) electrons. The largest absolute Gasteiger partial charge is 0.385 e. The quantitative estimate of drug-likeness (QED) is 0.680. The van der Waals surface area contributed by atoms with Gasteiger partial charge in [-0.15, -0.1) is 0 Å². The number of primary amides is 1. The fraction of sp³-hybridized carbons (Fsp3) is 0.250. The highest BCUT2D eigenvalue weighted by atomic mass is 16.1. The Hall–Kier alpha value is -1.97. The molecule has 0 unspecified atom stereocenters. The molecule has 5 N–H and O–H groups in total. The van der Waals surface area contributed by atoms with E-state index in [0.717, 1.165) is 16.8 Å². The molecule has 0 saturated carbocycles. The summed E-state index contributed by atoms with van der Waals surface area (Å²) < 4.78 is 0. The highest BCUT2D eigenvalue weighted by Crippen LogP contribution is 2.22. The van der Waals surface area contributed by atoms with Gasteiger partial charge in [0, 0.05) is 5.69 Å². The maximum Gasteiger partial charge on any atom is 0.252 e. The van der Waals surface area contributed by atoms with Crippen molar-refractivity contribution in [1.82, 2.24) is 4.98 Å². The van der Waals surface area contributed by atoms with E-state index in [1.54, 1.807) is 6.07 Å². The molecule has 16 heavy (non-hydrogen) atoms. The van der Waals surface area contributed by atoms with E-state index >= 15 is 0 Å². The first kappa shape index (κ1) is 12.1. The minimum absolute atomic E-state index is 0.315. The van der Waals surface area contributed by atoms with Crippen LogP contribution in [-0.4, -0.2) is 10.9 Å². The number of allylic oxidation sites excluding steroid dienone is 4. The lowest BCUT2D eigenvalue weighted by molar-refractivity contribution is 0.100. The number of rotatable bonds is 3. The van der Waals surface area contributed by atoms with Gasteiger partial charge in [-0.2, -0.15) is 0 Å². The second-order valence-electron chi connectivity index (χ2n) is 3.68. The van der Waals surface area contributed by atoms with Crippen LogP contribution in [0.25, 0.3) is 5.57 Å². The Morgan fingerprint density at radius 3 is 2.50 bits per heavy atom. The molecule has 0 aliphatic carbocycles. The molecule has 0 bridgehead atoms. The molecule has 1 amide bonds. The standard InChI is InChI=1S/C12H17N3O/c1-4-5-7(2)8(3)10-6-9(12(14)16)11(13)15-10/h4-6,15H,13H2,1-3H3,(H2,14,16)/b5-4-,8-7+. The van der Waals surface area contributed by atoms with Crippen molar-refractivity contribution in [2.24, 2.45) is 5.73 Å². The highest BCUT2D eigenvalue weighted by molar-refractivity contribution is 5.98. The van der Waals surface area contributed by atoms with Crippen molar-refractivity contribution in [3.63, 3.8) is 0 Å². The average Bonchev–Trinajstić information content (AvgIpc) is 2.59. The molecule has 86 valence electrons. The minimum atomic E-state index is -0.517. The number of aromatic amines is 1. The zero-order valence-electron chi connectivity index (χ0n) is 9.79. The number of carbonyl (C=O) groups is 1. The number of hydrogen-bond donors (Lipinski definition) is 3. The van der Waals surface area contributed by atoms with Gasteiger partial charge < -0.3 is 16.5 Å². The molecule has 1 heterocycles. The summed E-state index contributed by atoms with van der Waals surface area (Å²) in [5, 5.41) is 0. The first-order valence-electron chi connectivity index (χ1n) is 5.06. The summed E-state index contributed by atoms with van der Waals surface area (Å²) in [5.74, 6) is -0.202. The van der Waals surface area contributed by atoms with Gasteiger partial charge in [-0.1, -0.05) is 12.2 Å². The van der Waals surface area contributed by atoms with Crippen LogP contribution in [0.5, 0.6) is 0 Å². The molecular formula is C12H17N3O. The van der Waals surface area contributed by atoms with Crippen LogP contribution >= 0.6 is 0 Å². The summed E-state index contributed by atoms with van der Waals surface area (Å²) in [4.78, 5) is 14.0. The number of nitrogen functional groups attached to an aromatic ring is 1. The smallest absolute Gasteiger partial charge is 0.252 e. The van der Waals surface area contributed by atoms with Gasteiger partial charge in [0.25, 0.3) is 5.91 Å². The monoisotopic (exact) mass is 219 g/mol. The van der Waals surface area contributed by atoms with E-state index in [1.807, 2.05) is 32.9 Å². The molecule has 4 nitrogen and oxygen atoms in total. The van der Waals surface area contributed by atoms with Crippen molar-refractivity contribution in [2.45, 2.75) is 20.8 Å². The molecule has 1 rings (SSSR count). The molecule has 0 aliphatic heterocycles. The van der Waals surface area contributed by atoms with Gasteiger partial charge in [0.15, 0.2) is 0 Å². The van der Waals surface area contributed by atoms with Crippen molar-refractivity contribution < 1.29 is 4.79 Å². The third-order valence-corrected chi connectivity index (χ3v) is 2.53. The number of nitrogens with two attached hydrogens (primary N) is 2. The minimum Gasteiger partial charge on any atom is -0.385 e. The summed E-state index contributed by atoms with van der Waals surface area (Å²) >= 11 is 0. The van der Waals surface area contributed by atoms with Gasteiger partial charge in [0.2, 0.25) is 0 Å². The van der Waals surface area contributed by atoms with Crippen molar-refractivity contribution >= 4 is 17.3 Å². The molecule has 0 aromatic carbocycles. The molecule has 0 atom stereocenters. The number of hydrogen-bond acceptors (Lipinski definition) is 2. The maximum absolute atomic E-state index is 11.0. The predicted molar refractivity (Wildman–Crippen MR) is 66.8 cm³/mol. The van der Waals surface area contributed by atoms with E-state index in [4.69, 9.17) is 11.5 Å². The van der Waals surface area contributed by atoms with E-state index in [9.17, 15) is 4.79 Å². The molecule has 0 fully saturated rings. The van der Waals surface area contributed by atoms with Crippen molar-refractivity contribution in [1.29, 1.82) is 0 Å². The zero-order chi connectivity index (χ0) is 12.3. The van der Waals surface area contributed by atoms with Gasteiger partial charge in [-0.05, 0) is 38.0 Å². The summed E-state index contributed by atoms with van der Waals surface area (Å²) in [6.07, 6.45) is 3.95. The SMILES string of the molecule is C/C=C\C(C)=C(/C)c1cc(C(N)=O)c(N)[nH]1. The first-order chi connectivity index (χ1) is 7.47. The van der Waals surface area contributed by atoms with Gasteiger partial charge in [-0.25, -0.2) is 0 Å². The van der Waals surface area contributed by atoms with Crippen LogP contribution in [0.4, 0.5) is 5.82 Å². The van der Waals surface area contributed by atoms with Crippen molar-refractivity contribution in [3.8, 4) is 0 Å². The summed E-state index contributed by atoms with van der Waals surface area (Å²) in [6.45, 7) is 5.91.